The Bertz CT molecular complexity index is 780. The molecule has 0 saturated heterocycles. The van der Waals surface area contributed by atoms with Crippen LogP contribution in [0.3, 0.4) is 0 Å². The number of rotatable bonds is 4. The maximum atomic E-state index is 13.0. The van der Waals surface area contributed by atoms with Crippen molar-refractivity contribution in [2.45, 2.75) is 4.90 Å². The monoisotopic (exact) mass is 328 g/mol. The summed E-state index contributed by atoms with van der Waals surface area (Å²) in [5, 5.41) is 0.181. The first kappa shape index (κ1) is 15.4. The largest absolute Gasteiger partial charge is 0.273 e. The van der Waals surface area contributed by atoms with Crippen molar-refractivity contribution >= 4 is 27.5 Å². The molecule has 0 atom stereocenters. The van der Waals surface area contributed by atoms with Crippen LogP contribution in [0.5, 0.6) is 0 Å². The van der Waals surface area contributed by atoms with Gasteiger partial charge in [0.15, 0.2) is 0 Å². The molecule has 110 valence electrons. The minimum Gasteiger partial charge on any atom is -0.273 e. The number of carbonyl (C=O) groups is 1. The zero-order valence-electron chi connectivity index (χ0n) is 10.5. The van der Waals surface area contributed by atoms with Gasteiger partial charge < -0.3 is 0 Å². The van der Waals surface area contributed by atoms with Crippen LogP contribution in [0.25, 0.3) is 0 Å². The molecule has 2 N–H and O–H groups in total. The molecule has 0 aliphatic heterocycles. The highest BCUT2D eigenvalue weighted by atomic mass is 35.5. The van der Waals surface area contributed by atoms with Gasteiger partial charge >= 0.3 is 0 Å². The Morgan fingerprint density at radius 2 is 1.81 bits per heavy atom. The van der Waals surface area contributed by atoms with Gasteiger partial charge in [0.1, 0.15) is 5.82 Å². The molecule has 5 nitrogen and oxygen atoms in total. The van der Waals surface area contributed by atoms with Crippen LogP contribution in [0.2, 0.25) is 5.02 Å². The summed E-state index contributed by atoms with van der Waals surface area (Å²) in [6.45, 7) is 0. The van der Waals surface area contributed by atoms with Gasteiger partial charge in [0.2, 0.25) is 0 Å². The second-order valence-electron chi connectivity index (χ2n) is 4.00. The van der Waals surface area contributed by atoms with E-state index < -0.39 is 21.7 Å². The molecule has 2 aromatic rings. The fourth-order valence-corrected chi connectivity index (χ4v) is 2.61. The van der Waals surface area contributed by atoms with Gasteiger partial charge in [0.25, 0.3) is 15.9 Å². The lowest BCUT2D eigenvalue weighted by Crippen LogP contribution is -2.41. The molecule has 0 radical (unpaired) electrons. The fraction of sp³-hybridized carbons (Fsp3) is 0. The summed E-state index contributed by atoms with van der Waals surface area (Å²) in [7, 11) is -4.06. The van der Waals surface area contributed by atoms with Crippen LogP contribution in [0.15, 0.2) is 53.4 Å². The van der Waals surface area contributed by atoms with E-state index >= 15 is 0 Å². The first-order chi connectivity index (χ1) is 9.90. The highest BCUT2D eigenvalue weighted by Crippen LogP contribution is 2.14. The Balaban J connectivity index is 2.12. The van der Waals surface area contributed by atoms with Crippen molar-refractivity contribution in [3.8, 4) is 0 Å². The minimum atomic E-state index is -4.06. The molecule has 0 aliphatic rings. The molecule has 8 heteroatoms. The second-order valence-corrected chi connectivity index (χ2v) is 6.09. The van der Waals surface area contributed by atoms with Gasteiger partial charge in [0.05, 0.1) is 15.5 Å². The summed E-state index contributed by atoms with van der Waals surface area (Å²) in [4.78, 5) is 13.4. The summed E-state index contributed by atoms with van der Waals surface area (Å²) >= 11 is 5.82. The predicted octanol–water partition coefficient (Wildman–Crippen LogP) is 2.10. The third kappa shape index (κ3) is 3.78. The SMILES string of the molecule is O=C(NNS(=O)(=O)c1cccc(F)c1)c1ccccc1Cl. The minimum absolute atomic E-state index is 0.112. The topological polar surface area (TPSA) is 75.3 Å². The van der Waals surface area contributed by atoms with Crippen molar-refractivity contribution < 1.29 is 17.6 Å². The van der Waals surface area contributed by atoms with Crippen molar-refractivity contribution in [2.24, 2.45) is 0 Å². The Morgan fingerprint density at radius 1 is 1.10 bits per heavy atom. The van der Waals surface area contributed by atoms with E-state index in [1.54, 1.807) is 12.1 Å². The van der Waals surface area contributed by atoms with Gasteiger partial charge in [-0.25, -0.2) is 12.8 Å². The molecule has 1 amide bonds. The highest BCUT2D eigenvalue weighted by Gasteiger charge is 2.17. The fourth-order valence-electron chi connectivity index (χ4n) is 1.52. The molecule has 0 spiro atoms. The van der Waals surface area contributed by atoms with Crippen LogP contribution in [0.4, 0.5) is 4.39 Å². The molecular formula is C13H10ClFN2O3S. The first-order valence-electron chi connectivity index (χ1n) is 5.72. The number of hydrogen-bond donors (Lipinski definition) is 2. The van der Waals surface area contributed by atoms with Crippen molar-refractivity contribution in [1.29, 1.82) is 0 Å². The molecule has 0 fully saturated rings. The maximum absolute atomic E-state index is 13.0. The Morgan fingerprint density at radius 3 is 2.48 bits per heavy atom. The van der Waals surface area contributed by atoms with Crippen molar-refractivity contribution in [3.63, 3.8) is 0 Å². The number of amides is 1. The molecular weight excluding hydrogens is 319 g/mol. The van der Waals surface area contributed by atoms with Crippen molar-refractivity contribution in [1.82, 2.24) is 10.3 Å². The summed E-state index contributed by atoms with van der Waals surface area (Å²) in [5.41, 5.74) is 2.13. The third-order valence-corrected chi connectivity index (χ3v) is 4.10. The number of carbonyl (C=O) groups excluding carboxylic acids is 1. The molecule has 21 heavy (non-hydrogen) atoms. The second kappa shape index (κ2) is 6.21. The highest BCUT2D eigenvalue weighted by molar-refractivity contribution is 7.89. The van der Waals surface area contributed by atoms with E-state index in [1.165, 1.54) is 24.3 Å². The van der Waals surface area contributed by atoms with Crippen LogP contribution >= 0.6 is 11.6 Å². The van der Waals surface area contributed by atoms with E-state index in [1.807, 2.05) is 10.3 Å². The van der Waals surface area contributed by atoms with E-state index in [0.29, 0.717) is 0 Å². The van der Waals surface area contributed by atoms with Crippen LogP contribution in [-0.4, -0.2) is 14.3 Å². The summed E-state index contributed by atoms with van der Waals surface area (Å²) < 4.78 is 36.8. The van der Waals surface area contributed by atoms with Gasteiger partial charge in [-0.3, -0.25) is 10.2 Å². The molecule has 0 unspecified atom stereocenters. The molecule has 0 bridgehead atoms. The third-order valence-electron chi connectivity index (χ3n) is 2.52. The summed E-state index contributed by atoms with van der Waals surface area (Å²) in [6, 6.07) is 10.6. The van der Waals surface area contributed by atoms with E-state index in [-0.39, 0.29) is 15.5 Å². The number of hydrogen-bond acceptors (Lipinski definition) is 3. The lowest BCUT2D eigenvalue weighted by molar-refractivity contribution is 0.0945. The number of halogens is 2. The van der Waals surface area contributed by atoms with Gasteiger partial charge in [0, 0.05) is 0 Å². The smallest absolute Gasteiger partial charge is 0.267 e. The van der Waals surface area contributed by atoms with Crippen LogP contribution < -0.4 is 10.3 Å². The van der Waals surface area contributed by atoms with E-state index in [2.05, 4.69) is 0 Å². The number of sulfonamides is 1. The van der Waals surface area contributed by atoms with Crippen molar-refractivity contribution in [3.05, 3.63) is 64.9 Å². The average Bonchev–Trinajstić information content (AvgIpc) is 2.45. The predicted molar refractivity (Wildman–Crippen MR) is 75.6 cm³/mol. The van der Waals surface area contributed by atoms with E-state index in [4.69, 9.17) is 11.6 Å². The standard InChI is InChI=1S/C13H10ClFN2O3S/c14-12-7-2-1-6-11(12)13(18)16-17-21(19,20)10-5-3-4-9(15)8-10/h1-8,17H,(H,16,18). The normalized spacial score (nSPS) is 11.1. The molecule has 0 saturated carbocycles. The number of benzene rings is 2. The number of nitrogens with one attached hydrogen (secondary N) is 2. The lowest BCUT2D eigenvalue weighted by Gasteiger charge is -2.09. The van der Waals surface area contributed by atoms with Gasteiger partial charge in [-0.15, -0.1) is 4.83 Å². The Labute approximate surface area is 125 Å². The molecule has 2 aromatic carbocycles. The van der Waals surface area contributed by atoms with Gasteiger partial charge in [-0.05, 0) is 30.3 Å². The lowest BCUT2D eigenvalue weighted by atomic mass is 10.2. The first-order valence-corrected chi connectivity index (χ1v) is 7.58. The van der Waals surface area contributed by atoms with Crippen molar-refractivity contribution in [2.75, 3.05) is 0 Å². The molecule has 0 heterocycles. The number of hydrazine groups is 1. The van der Waals surface area contributed by atoms with Gasteiger partial charge in [-0.1, -0.05) is 29.8 Å². The molecule has 0 aromatic heterocycles. The van der Waals surface area contributed by atoms with Gasteiger partial charge in [-0.2, -0.15) is 0 Å². The average molecular weight is 329 g/mol. The Kier molecular flexibility index (Phi) is 4.56. The maximum Gasteiger partial charge on any atom is 0.267 e. The van der Waals surface area contributed by atoms with Crippen LogP contribution in [-0.2, 0) is 10.0 Å². The molecule has 0 aliphatic carbocycles. The van der Waals surface area contributed by atoms with Crippen LogP contribution in [0.1, 0.15) is 10.4 Å². The van der Waals surface area contributed by atoms with E-state index in [9.17, 15) is 17.6 Å². The van der Waals surface area contributed by atoms with Crippen LogP contribution in [0, 0.1) is 5.82 Å². The molecule has 2 rings (SSSR count). The zero-order valence-corrected chi connectivity index (χ0v) is 12.1. The van der Waals surface area contributed by atoms with E-state index in [0.717, 1.165) is 12.1 Å². The zero-order chi connectivity index (χ0) is 15.5. The summed E-state index contributed by atoms with van der Waals surface area (Å²) in [5.74, 6) is -1.42. The summed E-state index contributed by atoms with van der Waals surface area (Å²) in [6.07, 6.45) is 0. The Hall–Kier alpha value is -1.96. The quantitative estimate of drug-likeness (QED) is 0.844.